The van der Waals surface area contributed by atoms with Crippen LogP contribution in [0, 0.1) is 17.3 Å². The van der Waals surface area contributed by atoms with Crippen molar-refractivity contribution >= 4 is 0 Å². The van der Waals surface area contributed by atoms with E-state index < -0.39 is 5.60 Å². The first-order valence-corrected chi connectivity index (χ1v) is 7.59. The van der Waals surface area contributed by atoms with Gasteiger partial charge in [0.25, 0.3) is 0 Å². The molecule has 3 N–H and O–H groups in total. The second-order valence-corrected chi connectivity index (χ2v) is 6.91. The third kappa shape index (κ3) is 1.67. The molecule has 0 radical (unpaired) electrons. The van der Waals surface area contributed by atoms with Gasteiger partial charge in [-0.25, -0.2) is 0 Å². The van der Waals surface area contributed by atoms with Crippen molar-refractivity contribution in [3.05, 3.63) is 0 Å². The summed E-state index contributed by atoms with van der Waals surface area (Å²) in [5.41, 5.74) is 5.65. The van der Waals surface area contributed by atoms with Gasteiger partial charge in [-0.15, -0.1) is 0 Å². The molecule has 0 aliphatic heterocycles. The van der Waals surface area contributed by atoms with E-state index in [0.29, 0.717) is 18.6 Å². The van der Waals surface area contributed by atoms with E-state index in [1.165, 1.54) is 25.7 Å². The lowest BCUT2D eigenvalue weighted by molar-refractivity contribution is -0.146. The van der Waals surface area contributed by atoms with Crippen LogP contribution in [-0.4, -0.2) is 30.5 Å². The van der Waals surface area contributed by atoms with Gasteiger partial charge >= 0.3 is 0 Å². The second-order valence-electron chi connectivity index (χ2n) is 6.91. The monoisotopic (exact) mass is 253 g/mol. The molecule has 0 aromatic rings. The summed E-state index contributed by atoms with van der Waals surface area (Å²) >= 11 is 0. The molecule has 3 aliphatic rings. The van der Waals surface area contributed by atoms with Crippen molar-refractivity contribution in [1.29, 1.82) is 0 Å². The first kappa shape index (κ1) is 12.9. The molecule has 3 aliphatic carbocycles. The lowest BCUT2D eigenvalue weighted by Crippen LogP contribution is -2.57. The van der Waals surface area contributed by atoms with E-state index in [1.54, 1.807) is 7.11 Å². The van der Waals surface area contributed by atoms with Crippen molar-refractivity contribution in [3.63, 3.8) is 0 Å². The molecule has 3 nitrogen and oxygen atoms in total. The molecular formula is C15H27NO2. The highest BCUT2D eigenvalue weighted by atomic mass is 16.5. The van der Waals surface area contributed by atoms with Crippen molar-refractivity contribution < 1.29 is 9.84 Å². The smallest absolute Gasteiger partial charge is 0.0720 e. The van der Waals surface area contributed by atoms with Crippen molar-refractivity contribution in [2.75, 3.05) is 13.7 Å². The molecule has 0 aromatic carbocycles. The molecule has 3 fully saturated rings. The highest BCUT2D eigenvalue weighted by Gasteiger charge is 2.60. The molecule has 104 valence electrons. The molecule has 3 atom stereocenters. The normalized spacial score (nSPS) is 51.8. The quantitative estimate of drug-likeness (QED) is 0.809. The maximum Gasteiger partial charge on any atom is 0.0720 e. The molecule has 0 saturated heterocycles. The third-order valence-electron chi connectivity index (χ3n) is 6.36. The topological polar surface area (TPSA) is 55.5 Å². The second kappa shape index (κ2) is 4.46. The van der Waals surface area contributed by atoms with Crippen LogP contribution in [-0.2, 0) is 4.74 Å². The number of ether oxygens (including phenoxy) is 1. The van der Waals surface area contributed by atoms with Crippen LogP contribution in [0.25, 0.3) is 0 Å². The average molecular weight is 253 g/mol. The Kier molecular flexibility index (Phi) is 3.20. The summed E-state index contributed by atoms with van der Waals surface area (Å²) in [5, 5.41) is 11.2. The molecule has 0 aromatic heterocycles. The molecular weight excluding hydrogens is 226 g/mol. The summed E-state index contributed by atoms with van der Waals surface area (Å²) in [4.78, 5) is 0. The van der Waals surface area contributed by atoms with Gasteiger partial charge < -0.3 is 15.6 Å². The summed E-state index contributed by atoms with van der Waals surface area (Å²) in [7, 11) is 1.78. The molecule has 3 unspecified atom stereocenters. The number of rotatable bonds is 3. The van der Waals surface area contributed by atoms with Crippen LogP contribution in [0.1, 0.15) is 51.4 Å². The van der Waals surface area contributed by atoms with Crippen LogP contribution in [0.4, 0.5) is 0 Å². The van der Waals surface area contributed by atoms with Gasteiger partial charge in [-0.1, -0.05) is 6.42 Å². The number of hydrogen-bond donors (Lipinski definition) is 2. The van der Waals surface area contributed by atoms with E-state index in [4.69, 9.17) is 10.5 Å². The number of methoxy groups -OCH3 is 1. The zero-order chi connectivity index (χ0) is 12.8. The van der Waals surface area contributed by atoms with Gasteiger partial charge in [0, 0.05) is 19.1 Å². The lowest BCUT2D eigenvalue weighted by atomic mass is 9.57. The van der Waals surface area contributed by atoms with Gasteiger partial charge in [0.2, 0.25) is 0 Å². The molecule has 3 heteroatoms. The summed E-state index contributed by atoms with van der Waals surface area (Å²) in [6, 6.07) is 0. The summed E-state index contributed by atoms with van der Waals surface area (Å²) in [6.45, 7) is 0.669. The van der Waals surface area contributed by atoms with Gasteiger partial charge in [-0.3, -0.25) is 0 Å². The van der Waals surface area contributed by atoms with E-state index in [1.807, 2.05) is 0 Å². The Labute approximate surface area is 110 Å². The van der Waals surface area contributed by atoms with Crippen molar-refractivity contribution in [2.45, 2.75) is 63.1 Å². The number of fused-ring (bicyclic) bond motifs is 2. The minimum atomic E-state index is -0.517. The zero-order valence-corrected chi connectivity index (χ0v) is 11.5. The molecule has 2 bridgehead atoms. The van der Waals surface area contributed by atoms with Crippen molar-refractivity contribution in [1.82, 2.24) is 0 Å². The Bertz CT molecular complexity index is 312. The summed E-state index contributed by atoms with van der Waals surface area (Å²) in [6.07, 6.45) is 9.23. The SMILES string of the molecule is COC1CCC(O)(C2(CN)CC3CCC2C3)CC1. The minimum Gasteiger partial charge on any atom is -0.389 e. The fourth-order valence-corrected chi connectivity index (χ4v) is 5.26. The third-order valence-corrected chi connectivity index (χ3v) is 6.36. The fraction of sp³-hybridized carbons (Fsp3) is 1.00. The maximum atomic E-state index is 11.2. The van der Waals surface area contributed by atoms with Gasteiger partial charge in [0.15, 0.2) is 0 Å². The van der Waals surface area contributed by atoms with Crippen LogP contribution in [0.2, 0.25) is 0 Å². The molecule has 0 spiro atoms. The van der Waals surface area contributed by atoms with Crippen LogP contribution >= 0.6 is 0 Å². The Morgan fingerprint density at radius 3 is 2.39 bits per heavy atom. The fourth-order valence-electron chi connectivity index (χ4n) is 5.26. The molecule has 3 saturated carbocycles. The molecule has 18 heavy (non-hydrogen) atoms. The molecule has 3 rings (SSSR count). The Morgan fingerprint density at radius 2 is 1.94 bits per heavy atom. The van der Waals surface area contributed by atoms with Crippen LogP contribution in [0.5, 0.6) is 0 Å². The average Bonchev–Trinajstić information content (AvgIpc) is 3.00. The zero-order valence-electron chi connectivity index (χ0n) is 11.5. The highest BCUT2D eigenvalue weighted by Crippen LogP contribution is 2.62. The van der Waals surface area contributed by atoms with Crippen molar-refractivity contribution in [3.8, 4) is 0 Å². The van der Waals surface area contributed by atoms with Gasteiger partial charge in [-0.05, 0) is 56.8 Å². The summed E-state index contributed by atoms with van der Waals surface area (Å²) < 4.78 is 5.43. The summed E-state index contributed by atoms with van der Waals surface area (Å²) in [5.74, 6) is 1.51. The van der Waals surface area contributed by atoms with E-state index in [2.05, 4.69) is 0 Å². The van der Waals surface area contributed by atoms with Gasteiger partial charge in [0.05, 0.1) is 11.7 Å². The number of hydrogen-bond acceptors (Lipinski definition) is 3. The standard InChI is InChI=1S/C15H27NO2/c1-18-13-4-6-15(17,7-5-13)14(10-16)9-11-2-3-12(14)8-11/h11-13,17H,2-10,16H2,1H3. The number of nitrogens with two attached hydrogens (primary N) is 1. The van der Waals surface area contributed by atoms with Crippen molar-refractivity contribution in [2.24, 2.45) is 23.0 Å². The molecule has 0 amide bonds. The predicted octanol–water partition coefficient (Wildman–Crippen LogP) is 2.07. The van der Waals surface area contributed by atoms with Crippen LogP contribution in [0.15, 0.2) is 0 Å². The lowest BCUT2D eigenvalue weighted by Gasteiger charge is -2.52. The predicted molar refractivity (Wildman–Crippen MR) is 71.2 cm³/mol. The largest absolute Gasteiger partial charge is 0.389 e. The van der Waals surface area contributed by atoms with Gasteiger partial charge in [-0.2, -0.15) is 0 Å². The van der Waals surface area contributed by atoms with E-state index in [-0.39, 0.29) is 5.41 Å². The first-order chi connectivity index (χ1) is 8.63. The van der Waals surface area contributed by atoms with E-state index in [0.717, 1.165) is 31.6 Å². The Morgan fingerprint density at radius 1 is 1.22 bits per heavy atom. The number of aliphatic hydroxyl groups is 1. The van der Waals surface area contributed by atoms with Gasteiger partial charge in [0.1, 0.15) is 0 Å². The Balaban J connectivity index is 1.80. The highest BCUT2D eigenvalue weighted by molar-refractivity contribution is 5.12. The van der Waals surface area contributed by atoms with Crippen LogP contribution < -0.4 is 5.73 Å². The van der Waals surface area contributed by atoms with E-state index in [9.17, 15) is 5.11 Å². The first-order valence-electron chi connectivity index (χ1n) is 7.59. The maximum absolute atomic E-state index is 11.2. The molecule has 0 heterocycles. The minimum absolute atomic E-state index is 0.0224. The van der Waals surface area contributed by atoms with Crippen LogP contribution in [0.3, 0.4) is 0 Å². The Hall–Kier alpha value is -0.120. The van der Waals surface area contributed by atoms with E-state index >= 15 is 0 Å².